The largest absolute Gasteiger partial charge is 0.331 e. The molecule has 0 aliphatic carbocycles. The molecule has 0 spiro atoms. The number of fused-ring (bicyclic) bond motifs is 1. The van der Waals surface area contributed by atoms with E-state index in [0.717, 1.165) is 11.3 Å². The van der Waals surface area contributed by atoms with Crippen LogP contribution in [0.3, 0.4) is 0 Å². The highest BCUT2D eigenvalue weighted by atomic mass is 32.2. The zero-order valence-corrected chi connectivity index (χ0v) is 16.6. The van der Waals surface area contributed by atoms with Crippen LogP contribution in [-0.2, 0) is 30.0 Å². The van der Waals surface area contributed by atoms with Gasteiger partial charge in [-0.25, -0.2) is 13.4 Å². The second kappa shape index (κ2) is 7.56. The molecule has 7 nitrogen and oxygen atoms in total. The van der Waals surface area contributed by atoms with Crippen LogP contribution in [0.2, 0.25) is 0 Å². The molecule has 8 heteroatoms. The van der Waals surface area contributed by atoms with Crippen molar-refractivity contribution in [3.05, 3.63) is 89.1 Å². The lowest BCUT2D eigenvalue weighted by molar-refractivity contribution is 0.601. The van der Waals surface area contributed by atoms with E-state index in [1.165, 1.54) is 6.07 Å². The minimum absolute atomic E-state index is 0.0520. The minimum Gasteiger partial charge on any atom is -0.331 e. The van der Waals surface area contributed by atoms with E-state index >= 15 is 0 Å². The summed E-state index contributed by atoms with van der Waals surface area (Å²) in [6, 6.07) is 18.6. The average Bonchev–Trinajstić information content (AvgIpc) is 3.03. The van der Waals surface area contributed by atoms with Crippen molar-refractivity contribution in [3.8, 4) is 0 Å². The number of hydrogen-bond acceptors (Lipinski definition) is 4. The normalized spacial score (nSPS) is 11.6. The van der Waals surface area contributed by atoms with Gasteiger partial charge in [0.15, 0.2) is 0 Å². The quantitative estimate of drug-likeness (QED) is 0.532. The van der Waals surface area contributed by atoms with Gasteiger partial charge in [0, 0.05) is 32.3 Å². The monoisotopic (exact) mass is 408 g/mol. The molecular formula is C21H20N4O3S. The van der Waals surface area contributed by atoms with Crippen LogP contribution in [0.4, 0.5) is 5.69 Å². The molecule has 0 saturated carbocycles. The zero-order valence-electron chi connectivity index (χ0n) is 15.8. The summed E-state index contributed by atoms with van der Waals surface area (Å²) in [6.07, 6.45) is 2.33. The first kappa shape index (κ1) is 18.9. The predicted octanol–water partition coefficient (Wildman–Crippen LogP) is 2.78. The summed E-state index contributed by atoms with van der Waals surface area (Å²) in [5, 5.41) is 0. The van der Waals surface area contributed by atoms with Crippen molar-refractivity contribution in [3.63, 3.8) is 0 Å². The molecule has 1 N–H and O–H groups in total. The molecule has 148 valence electrons. The topological polar surface area (TPSA) is 86.0 Å². The Bertz CT molecular complexity index is 1330. The molecule has 2 aromatic carbocycles. The molecule has 0 atom stereocenters. The molecule has 4 aromatic rings. The Morgan fingerprint density at radius 2 is 1.76 bits per heavy atom. The third-order valence-corrected chi connectivity index (χ3v) is 6.15. The highest BCUT2D eigenvalue weighted by Gasteiger charge is 2.15. The van der Waals surface area contributed by atoms with Gasteiger partial charge in [0.2, 0.25) is 0 Å². The van der Waals surface area contributed by atoms with Gasteiger partial charge in [-0.3, -0.25) is 9.52 Å². The summed E-state index contributed by atoms with van der Waals surface area (Å²) in [4.78, 5) is 16.7. The lowest BCUT2D eigenvalue weighted by atomic mass is 10.3. The fourth-order valence-corrected chi connectivity index (χ4v) is 4.29. The molecule has 29 heavy (non-hydrogen) atoms. The Balaban J connectivity index is 1.59. The maximum atomic E-state index is 12.5. The smallest absolute Gasteiger partial charge is 0.261 e. The van der Waals surface area contributed by atoms with Crippen LogP contribution in [0.25, 0.3) is 11.0 Å². The fraction of sp³-hybridized carbons (Fsp3) is 0.143. The lowest BCUT2D eigenvalue weighted by Crippen LogP contribution is -2.19. The number of pyridine rings is 1. The predicted molar refractivity (Wildman–Crippen MR) is 112 cm³/mol. The third-order valence-electron chi connectivity index (χ3n) is 4.75. The minimum atomic E-state index is -3.66. The first-order chi connectivity index (χ1) is 13.9. The Kier molecular flexibility index (Phi) is 4.94. The van der Waals surface area contributed by atoms with Gasteiger partial charge in [-0.1, -0.05) is 24.3 Å². The molecule has 0 aliphatic heterocycles. The van der Waals surface area contributed by atoms with Crippen molar-refractivity contribution >= 4 is 26.7 Å². The van der Waals surface area contributed by atoms with Gasteiger partial charge in [0.05, 0.1) is 21.6 Å². The van der Waals surface area contributed by atoms with E-state index in [1.54, 1.807) is 59.3 Å². The summed E-state index contributed by atoms with van der Waals surface area (Å²) < 4.78 is 31.3. The van der Waals surface area contributed by atoms with Crippen LogP contribution in [0.1, 0.15) is 5.82 Å². The van der Waals surface area contributed by atoms with Crippen molar-refractivity contribution < 1.29 is 8.42 Å². The molecule has 0 saturated heterocycles. The van der Waals surface area contributed by atoms with Crippen LogP contribution < -0.4 is 10.3 Å². The number of imidazole rings is 1. The number of rotatable bonds is 6. The number of aryl methyl sites for hydroxylation is 3. The van der Waals surface area contributed by atoms with Gasteiger partial charge in [-0.2, -0.15) is 0 Å². The van der Waals surface area contributed by atoms with Crippen molar-refractivity contribution in [1.29, 1.82) is 0 Å². The van der Waals surface area contributed by atoms with Crippen molar-refractivity contribution in [2.45, 2.75) is 17.9 Å². The molecule has 0 aliphatic rings. The summed E-state index contributed by atoms with van der Waals surface area (Å²) in [7, 11) is -1.75. The molecule has 0 bridgehead atoms. The van der Waals surface area contributed by atoms with E-state index in [0.29, 0.717) is 24.2 Å². The van der Waals surface area contributed by atoms with Crippen molar-refractivity contribution in [2.75, 3.05) is 4.72 Å². The number of aromatic nitrogens is 3. The number of nitrogens with one attached hydrogen (secondary N) is 1. The number of nitrogens with zero attached hydrogens (tertiary/aromatic N) is 3. The lowest BCUT2D eigenvalue weighted by Gasteiger charge is -2.08. The van der Waals surface area contributed by atoms with Crippen LogP contribution in [0.15, 0.2) is 82.6 Å². The molecule has 0 amide bonds. The fourth-order valence-electron chi connectivity index (χ4n) is 3.22. The van der Waals surface area contributed by atoms with Crippen molar-refractivity contribution in [2.24, 2.45) is 7.05 Å². The van der Waals surface area contributed by atoms with Gasteiger partial charge in [-0.05, 0) is 36.4 Å². The van der Waals surface area contributed by atoms with Crippen LogP contribution in [-0.4, -0.2) is 22.5 Å². The first-order valence-electron chi connectivity index (χ1n) is 9.13. The van der Waals surface area contributed by atoms with Crippen LogP contribution in [0, 0.1) is 0 Å². The van der Waals surface area contributed by atoms with E-state index < -0.39 is 10.0 Å². The highest BCUT2D eigenvalue weighted by molar-refractivity contribution is 7.92. The molecule has 0 radical (unpaired) electrons. The van der Waals surface area contributed by atoms with Crippen LogP contribution >= 0.6 is 0 Å². The average molecular weight is 408 g/mol. The van der Waals surface area contributed by atoms with Crippen molar-refractivity contribution in [1.82, 2.24) is 14.1 Å². The van der Waals surface area contributed by atoms with Gasteiger partial charge in [0.25, 0.3) is 15.6 Å². The summed E-state index contributed by atoms with van der Waals surface area (Å²) in [5.41, 5.74) is 1.98. The Hall–Kier alpha value is -3.39. The standard InChI is InChI=1S/C21H20N4O3S/c1-24-19-11-10-16(23-29(27,28)17-7-3-2-4-8-17)15-18(19)22-20(24)12-14-25-13-6-5-9-21(25)26/h2-11,13,15,23H,12,14H2,1H3. The van der Waals surface area contributed by atoms with Gasteiger partial charge >= 0.3 is 0 Å². The van der Waals surface area contributed by atoms with E-state index in [9.17, 15) is 13.2 Å². The van der Waals surface area contributed by atoms with Crippen LogP contribution in [0.5, 0.6) is 0 Å². The number of anilines is 1. The zero-order chi connectivity index (χ0) is 20.4. The Morgan fingerprint density at radius 3 is 2.52 bits per heavy atom. The molecule has 0 unspecified atom stereocenters. The van der Waals surface area contributed by atoms with E-state index in [1.807, 2.05) is 23.7 Å². The Labute approximate surface area is 168 Å². The Morgan fingerprint density at radius 1 is 1.00 bits per heavy atom. The highest BCUT2D eigenvalue weighted by Crippen LogP contribution is 2.22. The number of sulfonamides is 1. The molecule has 2 aromatic heterocycles. The molecule has 4 rings (SSSR count). The third kappa shape index (κ3) is 3.93. The first-order valence-corrected chi connectivity index (χ1v) is 10.6. The van der Waals surface area contributed by atoms with E-state index in [-0.39, 0.29) is 10.5 Å². The SMILES string of the molecule is Cn1c(CCn2ccccc2=O)nc2cc(NS(=O)(=O)c3ccccc3)ccc21. The number of benzene rings is 2. The summed E-state index contributed by atoms with van der Waals surface area (Å²) in [6.45, 7) is 0.518. The van der Waals surface area contributed by atoms with Gasteiger partial charge < -0.3 is 9.13 Å². The van der Waals surface area contributed by atoms with E-state index in [2.05, 4.69) is 9.71 Å². The van der Waals surface area contributed by atoms with E-state index in [4.69, 9.17) is 0 Å². The van der Waals surface area contributed by atoms with Gasteiger partial charge in [-0.15, -0.1) is 0 Å². The van der Waals surface area contributed by atoms with Gasteiger partial charge in [0.1, 0.15) is 5.82 Å². The number of hydrogen-bond donors (Lipinski definition) is 1. The second-order valence-electron chi connectivity index (χ2n) is 6.69. The maximum absolute atomic E-state index is 12.5. The summed E-state index contributed by atoms with van der Waals surface area (Å²) >= 11 is 0. The molecule has 0 fully saturated rings. The molecular weight excluding hydrogens is 388 g/mol. The molecule has 2 heterocycles. The maximum Gasteiger partial charge on any atom is 0.261 e. The second-order valence-corrected chi connectivity index (χ2v) is 8.37. The summed E-state index contributed by atoms with van der Waals surface area (Å²) in [5.74, 6) is 0.818.